The molecule has 0 saturated heterocycles. The summed E-state index contributed by atoms with van der Waals surface area (Å²) in [6.07, 6.45) is 5.77. The van der Waals surface area contributed by atoms with E-state index in [1.807, 2.05) is 14.0 Å². The highest BCUT2D eigenvalue weighted by Crippen LogP contribution is 2.29. The second kappa shape index (κ2) is 5.17. The zero-order valence-electron chi connectivity index (χ0n) is 10.8. The molecule has 1 saturated carbocycles. The van der Waals surface area contributed by atoms with E-state index in [0.717, 1.165) is 23.7 Å². The van der Waals surface area contributed by atoms with E-state index in [2.05, 4.69) is 11.9 Å². The summed E-state index contributed by atoms with van der Waals surface area (Å²) < 4.78 is 0. The van der Waals surface area contributed by atoms with Crippen molar-refractivity contribution in [3.05, 3.63) is 10.6 Å². The number of carbonyl (C=O) groups excluding carboxylic acids is 1. The average molecular weight is 252 g/mol. The standard InChI is InChI=1S/C13H20N2OS/c1-9-10(2)17-13(14-9)15(3)12(16)11-7-5-4-6-8-11/h11H,4-8H2,1-3H3. The van der Waals surface area contributed by atoms with E-state index in [4.69, 9.17) is 0 Å². The number of aromatic nitrogens is 1. The van der Waals surface area contributed by atoms with E-state index in [0.29, 0.717) is 0 Å². The van der Waals surface area contributed by atoms with Crippen molar-refractivity contribution >= 4 is 22.4 Å². The van der Waals surface area contributed by atoms with Gasteiger partial charge in [0.05, 0.1) is 5.69 Å². The molecule has 1 aliphatic rings. The highest BCUT2D eigenvalue weighted by atomic mass is 32.1. The van der Waals surface area contributed by atoms with Gasteiger partial charge in [0, 0.05) is 17.8 Å². The molecule has 1 amide bonds. The van der Waals surface area contributed by atoms with Crippen LogP contribution in [0.2, 0.25) is 0 Å². The number of hydrogen-bond donors (Lipinski definition) is 0. The van der Waals surface area contributed by atoms with Gasteiger partial charge in [-0.25, -0.2) is 4.98 Å². The zero-order valence-corrected chi connectivity index (χ0v) is 11.6. The maximum Gasteiger partial charge on any atom is 0.231 e. The van der Waals surface area contributed by atoms with E-state index in [9.17, 15) is 4.79 Å². The fourth-order valence-electron chi connectivity index (χ4n) is 2.32. The highest BCUT2D eigenvalue weighted by Gasteiger charge is 2.26. The first kappa shape index (κ1) is 12.6. The minimum atomic E-state index is 0.221. The van der Waals surface area contributed by atoms with Gasteiger partial charge >= 0.3 is 0 Å². The summed E-state index contributed by atoms with van der Waals surface area (Å²) in [4.78, 5) is 19.7. The Kier molecular flexibility index (Phi) is 3.82. The van der Waals surface area contributed by atoms with Gasteiger partial charge in [-0.1, -0.05) is 19.3 Å². The first-order valence-electron chi connectivity index (χ1n) is 6.31. The summed E-state index contributed by atoms with van der Waals surface area (Å²) in [6, 6.07) is 0. The molecule has 0 radical (unpaired) electrons. The van der Waals surface area contributed by atoms with Crippen molar-refractivity contribution in [1.29, 1.82) is 0 Å². The molecule has 1 fully saturated rings. The van der Waals surface area contributed by atoms with Gasteiger partial charge in [-0.2, -0.15) is 0 Å². The van der Waals surface area contributed by atoms with Crippen molar-refractivity contribution in [2.75, 3.05) is 11.9 Å². The van der Waals surface area contributed by atoms with Crippen LogP contribution in [-0.4, -0.2) is 17.9 Å². The van der Waals surface area contributed by atoms with Crippen molar-refractivity contribution in [2.45, 2.75) is 46.0 Å². The molecule has 2 rings (SSSR count). The van der Waals surface area contributed by atoms with Crippen LogP contribution in [0.15, 0.2) is 0 Å². The molecule has 0 unspecified atom stereocenters. The minimum Gasteiger partial charge on any atom is -0.291 e. The van der Waals surface area contributed by atoms with E-state index >= 15 is 0 Å². The smallest absolute Gasteiger partial charge is 0.231 e. The van der Waals surface area contributed by atoms with Crippen molar-refractivity contribution in [2.24, 2.45) is 5.92 Å². The van der Waals surface area contributed by atoms with Crippen LogP contribution in [0.4, 0.5) is 5.13 Å². The number of thiazole rings is 1. The molecular formula is C13H20N2OS. The minimum absolute atomic E-state index is 0.221. The first-order chi connectivity index (χ1) is 8.09. The molecule has 17 heavy (non-hydrogen) atoms. The zero-order chi connectivity index (χ0) is 12.4. The highest BCUT2D eigenvalue weighted by molar-refractivity contribution is 7.15. The molecule has 0 aromatic carbocycles. The second-order valence-corrected chi connectivity index (χ2v) is 6.05. The summed E-state index contributed by atoms with van der Waals surface area (Å²) in [7, 11) is 1.86. The molecule has 3 nitrogen and oxygen atoms in total. The summed E-state index contributed by atoms with van der Waals surface area (Å²) in [5.41, 5.74) is 1.04. The fraction of sp³-hybridized carbons (Fsp3) is 0.692. The van der Waals surface area contributed by atoms with Gasteiger partial charge in [-0.05, 0) is 26.7 Å². The van der Waals surface area contributed by atoms with Crippen LogP contribution in [0, 0.1) is 19.8 Å². The molecule has 1 aromatic heterocycles. The predicted octanol–water partition coefficient (Wildman–Crippen LogP) is 3.30. The normalized spacial score (nSPS) is 17.1. The summed E-state index contributed by atoms with van der Waals surface area (Å²) in [6.45, 7) is 4.05. The van der Waals surface area contributed by atoms with Crippen molar-refractivity contribution in [3.63, 3.8) is 0 Å². The van der Waals surface area contributed by atoms with Crippen LogP contribution in [0.1, 0.15) is 42.7 Å². The Morgan fingerprint density at radius 3 is 2.47 bits per heavy atom. The van der Waals surface area contributed by atoms with Crippen LogP contribution in [0.3, 0.4) is 0 Å². The third-order valence-electron chi connectivity index (χ3n) is 3.59. The van der Waals surface area contributed by atoms with E-state index in [-0.39, 0.29) is 11.8 Å². The Bertz CT molecular complexity index is 388. The molecule has 0 bridgehead atoms. The van der Waals surface area contributed by atoms with Crippen LogP contribution < -0.4 is 4.90 Å². The molecule has 0 atom stereocenters. The lowest BCUT2D eigenvalue weighted by Crippen LogP contribution is -2.33. The van der Waals surface area contributed by atoms with Crippen molar-refractivity contribution in [1.82, 2.24) is 4.98 Å². The lowest BCUT2D eigenvalue weighted by molar-refractivity contribution is -0.123. The van der Waals surface area contributed by atoms with Gasteiger partial charge in [-0.3, -0.25) is 9.69 Å². The molecule has 0 spiro atoms. The third kappa shape index (κ3) is 2.68. The quantitative estimate of drug-likeness (QED) is 0.809. The summed E-state index contributed by atoms with van der Waals surface area (Å²) >= 11 is 1.61. The van der Waals surface area contributed by atoms with Crippen LogP contribution in [0.5, 0.6) is 0 Å². The van der Waals surface area contributed by atoms with Crippen LogP contribution >= 0.6 is 11.3 Å². The topological polar surface area (TPSA) is 33.2 Å². The molecule has 0 aliphatic heterocycles. The monoisotopic (exact) mass is 252 g/mol. The Morgan fingerprint density at radius 2 is 1.94 bits per heavy atom. The number of aryl methyl sites for hydroxylation is 2. The van der Waals surface area contributed by atoms with Gasteiger partial charge in [0.25, 0.3) is 0 Å². The number of carbonyl (C=O) groups is 1. The molecule has 94 valence electrons. The molecule has 1 aromatic rings. The summed E-state index contributed by atoms with van der Waals surface area (Å²) in [5, 5.41) is 0.843. The largest absolute Gasteiger partial charge is 0.291 e. The van der Waals surface area contributed by atoms with E-state index in [1.54, 1.807) is 16.2 Å². The molecule has 1 heterocycles. The van der Waals surface area contributed by atoms with Gasteiger partial charge < -0.3 is 0 Å². The summed E-state index contributed by atoms with van der Waals surface area (Å²) in [5.74, 6) is 0.469. The Hall–Kier alpha value is -0.900. The van der Waals surface area contributed by atoms with Crippen LogP contribution in [0.25, 0.3) is 0 Å². The number of rotatable bonds is 2. The maximum absolute atomic E-state index is 12.3. The number of hydrogen-bond acceptors (Lipinski definition) is 3. The SMILES string of the molecule is Cc1nc(N(C)C(=O)C2CCCCC2)sc1C. The number of amides is 1. The average Bonchev–Trinajstić information content (AvgIpc) is 2.69. The molecule has 1 aliphatic carbocycles. The van der Waals surface area contributed by atoms with Gasteiger partial charge in [0.2, 0.25) is 5.91 Å². The number of anilines is 1. The van der Waals surface area contributed by atoms with Gasteiger partial charge in [-0.15, -0.1) is 11.3 Å². The van der Waals surface area contributed by atoms with Gasteiger partial charge in [0.15, 0.2) is 5.13 Å². The first-order valence-corrected chi connectivity index (χ1v) is 7.13. The Morgan fingerprint density at radius 1 is 1.29 bits per heavy atom. The van der Waals surface area contributed by atoms with E-state index < -0.39 is 0 Å². The maximum atomic E-state index is 12.3. The van der Waals surface area contributed by atoms with Gasteiger partial charge in [0.1, 0.15) is 0 Å². The molecular weight excluding hydrogens is 232 g/mol. The molecule has 0 N–H and O–H groups in total. The number of nitrogens with zero attached hydrogens (tertiary/aromatic N) is 2. The Balaban J connectivity index is 2.08. The molecule has 4 heteroatoms. The lowest BCUT2D eigenvalue weighted by atomic mass is 9.88. The van der Waals surface area contributed by atoms with Crippen molar-refractivity contribution < 1.29 is 4.79 Å². The predicted molar refractivity (Wildman–Crippen MR) is 71.6 cm³/mol. The fourth-order valence-corrected chi connectivity index (χ4v) is 3.19. The van der Waals surface area contributed by atoms with Crippen molar-refractivity contribution in [3.8, 4) is 0 Å². The van der Waals surface area contributed by atoms with Crippen LogP contribution in [-0.2, 0) is 4.79 Å². The Labute approximate surface area is 107 Å². The second-order valence-electron chi connectivity index (χ2n) is 4.87. The third-order valence-corrected chi connectivity index (χ3v) is 4.74. The lowest BCUT2D eigenvalue weighted by Gasteiger charge is -2.24. The van der Waals surface area contributed by atoms with E-state index in [1.165, 1.54) is 24.1 Å².